The molecule has 2 aromatic rings. The van der Waals surface area contributed by atoms with Crippen molar-refractivity contribution in [3.8, 4) is 17.2 Å². The number of nitrogens with one attached hydrogen (secondary N) is 1. The van der Waals surface area contributed by atoms with Crippen LogP contribution in [-0.4, -0.2) is 27.2 Å². The van der Waals surface area contributed by atoms with Gasteiger partial charge in [0.2, 0.25) is 5.75 Å². The van der Waals surface area contributed by atoms with Crippen LogP contribution in [0.5, 0.6) is 17.2 Å². The number of aryl methyl sites for hydroxylation is 1. The number of anilines is 1. The molecule has 0 aliphatic rings. The van der Waals surface area contributed by atoms with E-state index < -0.39 is 0 Å². The minimum atomic E-state index is -0.286. The summed E-state index contributed by atoms with van der Waals surface area (Å²) in [5.74, 6) is 0.944. The average molecular weight is 459 g/mol. The highest BCUT2D eigenvalue weighted by Gasteiger charge is 2.23. The summed E-state index contributed by atoms with van der Waals surface area (Å²) in [4.78, 5) is 12.7. The lowest BCUT2D eigenvalue weighted by Crippen LogP contribution is -2.14. The Morgan fingerprint density at radius 3 is 2.21 bits per heavy atom. The zero-order valence-corrected chi connectivity index (χ0v) is 16.9. The summed E-state index contributed by atoms with van der Waals surface area (Å²) in [5, 5.41) is 2.89. The molecule has 2 rings (SSSR count). The normalized spacial score (nSPS) is 10.2. The van der Waals surface area contributed by atoms with E-state index >= 15 is 0 Å². The Labute approximate surface area is 157 Å². The Bertz CT molecular complexity index is 778. The van der Waals surface area contributed by atoms with Gasteiger partial charge in [-0.1, -0.05) is 15.9 Å². The third kappa shape index (κ3) is 3.67. The van der Waals surface area contributed by atoms with E-state index in [2.05, 4.69) is 37.2 Å². The fraction of sp³-hybridized carbons (Fsp3) is 0.235. The molecular weight excluding hydrogens is 442 g/mol. The summed E-state index contributed by atoms with van der Waals surface area (Å²) in [6.45, 7) is 1.92. The van der Waals surface area contributed by atoms with Crippen molar-refractivity contribution < 1.29 is 19.0 Å². The second-order valence-corrected chi connectivity index (χ2v) is 6.63. The lowest BCUT2D eigenvalue weighted by Gasteiger charge is -2.17. The topological polar surface area (TPSA) is 56.8 Å². The maximum atomic E-state index is 12.7. The van der Waals surface area contributed by atoms with Gasteiger partial charge in [-0.15, -0.1) is 0 Å². The van der Waals surface area contributed by atoms with Crippen molar-refractivity contribution in [1.82, 2.24) is 0 Å². The van der Waals surface area contributed by atoms with Crippen LogP contribution in [0.2, 0.25) is 0 Å². The minimum absolute atomic E-state index is 0.286. The molecule has 0 unspecified atom stereocenters. The third-order valence-electron chi connectivity index (χ3n) is 3.45. The average Bonchev–Trinajstić information content (AvgIpc) is 2.56. The summed E-state index contributed by atoms with van der Waals surface area (Å²) in [6.07, 6.45) is 0. The van der Waals surface area contributed by atoms with Crippen LogP contribution in [-0.2, 0) is 0 Å². The molecule has 0 spiro atoms. The van der Waals surface area contributed by atoms with Gasteiger partial charge in [0.15, 0.2) is 11.5 Å². The number of ether oxygens (including phenoxy) is 3. The van der Waals surface area contributed by atoms with Gasteiger partial charge in [-0.05, 0) is 52.7 Å². The van der Waals surface area contributed by atoms with Gasteiger partial charge in [-0.2, -0.15) is 0 Å². The van der Waals surface area contributed by atoms with Crippen molar-refractivity contribution >= 4 is 43.5 Å². The van der Waals surface area contributed by atoms with E-state index in [-0.39, 0.29) is 5.91 Å². The molecule has 0 saturated heterocycles. The molecule has 0 atom stereocenters. The highest BCUT2D eigenvalue weighted by atomic mass is 79.9. The van der Waals surface area contributed by atoms with Crippen LogP contribution in [0.3, 0.4) is 0 Å². The van der Waals surface area contributed by atoms with Crippen molar-refractivity contribution in [2.45, 2.75) is 6.92 Å². The minimum Gasteiger partial charge on any atom is -0.493 e. The first-order chi connectivity index (χ1) is 11.4. The Balaban J connectivity index is 2.45. The van der Waals surface area contributed by atoms with E-state index in [4.69, 9.17) is 14.2 Å². The summed E-state index contributed by atoms with van der Waals surface area (Å²) in [5.41, 5.74) is 2.05. The Morgan fingerprint density at radius 1 is 1.00 bits per heavy atom. The Morgan fingerprint density at radius 2 is 1.67 bits per heavy atom. The molecular formula is C17H17Br2NO4. The van der Waals surface area contributed by atoms with E-state index in [1.165, 1.54) is 21.3 Å². The Hall–Kier alpha value is -1.73. The molecule has 7 heteroatoms. The lowest BCUT2D eigenvalue weighted by molar-refractivity contribution is 0.102. The monoisotopic (exact) mass is 457 g/mol. The number of amides is 1. The molecule has 0 fully saturated rings. The molecule has 128 valence electrons. The quantitative estimate of drug-likeness (QED) is 0.699. The first-order valence-electron chi connectivity index (χ1n) is 6.98. The van der Waals surface area contributed by atoms with Crippen LogP contribution in [0, 0.1) is 6.92 Å². The first kappa shape index (κ1) is 18.6. The molecule has 0 saturated carbocycles. The zero-order chi connectivity index (χ0) is 17.9. The van der Waals surface area contributed by atoms with Crippen LogP contribution in [0.25, 0.3) is 0 Å². The number of hydrogen-bond acceptors (Lipinski definition) is 4. The van der Waals surface area contributed by atoms with Crippen molar-refractivity contribution in [2.24, 2.45) is 0 Å². The standard InChI is InChI=1S/C17H17Br2NO4/c1-9-7-10(18)5-6-12(9)20-17(21)11-8-13(22-2)15(23-3)16(24-4)14(11)19/h5-8H,1-4H3,(H,20,21). The van der Waals surface area contributed by atoms with Crippen LogP contribution >= 0.6 is 31.9 Å². The molecule has 2 aromatic carbocycles. The van der Waals surface area contributed by atoms with Gasteiger partial charge in [0.1, 0.15) is 0 Å². The van der Waals surface area contributed by atoms with E-state index in [0.29, 0.717) is 27.3 Å². The smallest absolute Gasteiger partial charge is 0.257 e. The number of methoxy groups -OCH3 is 3. The molecule has 1 amide bonds. The molecule has 0 aliphatic heterocycles. The van der Waals surface area contributed by atoms with Crippen LogP contribution in [0.1, 0.15) is 15.9 Å². The van der Waals surface area contributed by atoms with E-state index in [1.807, 2.05) is 25.1 Å². The first-order valence-corrected chi connectivity index (χ1v) is 8.57. The van der Waals surface area contributed by atoms with Gasteiger partial charge in [0.05, 0.1) is 31.4 Å². The molecule has 0 heterocycles. The van der Waals surface area contributed by atoms with E-state index in [1.54, 1.807) is 6.07 Å². The fourth-order valence-electron chi connectivity index (χ4n) is 2.24. The summed E-state index contributed by atoms with van der Waals surface area (Å²) >= 11 is 6.82. The van der Waals surface area contributed by atoms with Gasteiger partial charge in [-0.3, -0.25) is 4.79 Å². The van der Waals surface area contributed by atoms with E-state index in [9.17, 15) is 4.79 Å². The molecule has 1 N–H and O–H groups in total. The van der Waals surface area contributed by atoms with E-state index in [0.717, 1.165) is 15.7 Å². The fourth-order valence-corrected chi connectivity index (χ4v) is 3.36. The predicted octanol–water partition coefficient (Wildman–Crippen LogP) is 4.80. The highest BCUT2D eigenvalue weighted by molar-refractivity contribution is 9.10. The number of rotatable bonds is 5. The van der Waals surface area contributed by atoms with Crippen molar-refractivity contribution in [1.29, 1.82) is 0 Å². The largest absolute Gasteiger partial charge is 0.493 e. The summed E-state index contributed by atoms with van der Waals surface area (Å²) < 4.78 is 17.4. The molecule has 0 aromatic heterocycles. The Kier molecular flexibility index (Phi) is 6.12. The lowest BCUT2D eigenvalue weighted by atomic mass is 10.1. The highest BCUT2D eigenvalue weighted by Crippen LogP contribution is 2.44. The SMILES string of the molecule is COc1cc(C(=O)Nc2ccc(Br)cc2C)c(Br)c(OC)c1OC. The molecule has 5 nitrogen and oxygen atoms in total. The van der Waals surface area contributed by atoms with Crippen molar-refractivity contribution in [3.63, 3.8) is 0 Å². The number of benzene rings is 2. The third-order valence-corrected chi connectivity index (χ3v) is 4.73. The van der Waals surface area contributed by atoms with Crippen LogP contribution < -0.4 is 19.5 Å². The van der Waals surface area contributed by atoms with Gasteiger partial charge in [0.25, 0.3) is 5.91 Å². The molecule has 24 heavy (non-hydrogen) atoms. The van der Waals surface area contributed by atoms with Crippen LogP contribution in [0.15, 0.2) is 33.2 Å². The second kappa shape index (κ2) is 7.90. The zero-order valence-electron chi connectivity index (χ0n) is 13.7. The molecule has 0 bridgehead atoms. The maximum absolute atomic E-state index is 12.7. The molecule has 0 radical (unpaired) electrons. The second-order valence-electron chi connectivity index (χ2n) is 4.92. The van der Waals surface area contributed by atoms with Crippen LogP contribution in [0.4, 0.5) is 5.69 Å². The van der Waals surface area contributed by atoms with Gasteiger partial charge in [-0.25, -0.2) is 0 Å². The van der Waals surface area contributed by atoms with Gasteiger partial charge < -0.3 is 19.5 Å². The number of carbonyl (C=O) groups is 1. The number of hydrogen-bond donors (Lipinski definition) is 1. The summed E-state index contributed by atoms with van der Waals surface area (Å²) in [6, 6.07) is 7.24. The van der Waals surface area contributed by atoms with Gasteiger partial charge >= 0.3 is 0 Å². The van der Waals surface area contributed by atoms with Crippen molar-refractivity contribution in [3.05, 3.63) is 44.3 Å². The number of carbonyl (C=O) groups excluding carboxylic acids is 1. The van der Waals surface area contributed by atoms with Gasteiger partial charge in [0, 0.05) is 10.2 Å². The maximum Gasteiger partial charge on any atom is 0.257 e. The molecule has 0 aliphatic carbocycles. The predicted molar refractivity (Wildman–Crippen MR) is 101 cm³/mol. The summed E-state index contributed by atoms with van der Waals surface area (Å²) in [7, 11) is 4.52. The number of halogens is 2. The van der Waals surface area contributed by atoms with Crippen molar-refractivity contribution in [2.75, 3.05) is 26.6 Å².